The van der Waals surface area contributed by atoms with Crippen molar-refractivity contribution in [3.05, 3.63) is 11.1 Å². The number of carbonyl (C=O) groups excluding carboxylic acids is 2. The maximum Gasteiger partial charge on any atom is 0.335 e. The first-order chi connectivity index (χ1) is 16.3. The molecule has 8 nitrogen and oxygen atoms in total. The second-order valence-electron chi connectivity index (χ2n) is 12.9. The van der Waals surface area contributed by atoms with E-state index in [4.69, 9.17) is 4.74 Å². The molecule has 8 heteroatoms. The van der Waals surface area contributed by atoms with Crippen molar-refractivity contribution >= 4 is 11.8 Å². The van der Waals surface area contributed by atoms with E-state index in [9.17, 15) is 35.1 Å². The third kappa shape index (κ3) is 3.82. The van der Waals surface area contributed by atoms with Crippen LogP contribution in [0.15, 0.2) is 11.1 Å². The fourth-order valence-corrected chi connectivity index (χ4v) is 7.96. The van der Waals surface area contributed by atoms with Crippen LogP contribution in [-0.2, 0) is 14.3 Å². The number of aliphatic hydroxyl groups excluding tert-OH is 3. The van der Waals surface area contributed by atoms with Crippen LogP contribution in [-0.4, -0.2) is 72.9 Å². The van der Waals surface area contributed by atoms with Gasteiger partial charge in [0.15, 0.2) is 11.9 Å². The Morgan fingerprint density at radius 2 is 1.69 bits per heavy atom. The summed E-state index contributed by atoms with van der Waals surface area (Å²) < 4.78 is 5.69. The molecule has 0 aromatic carbocycles. The van der Waals surface area contributed by atoms with Crippen molar-refractivity contribution in [3.63, 3.8) is 0 Å². The normalized spacial score (nSPS) is 45.6. The standard InChI is InChI=1S/C28H46O8/c1-10-16-11-18(29)26(8)22(27(16,9)34)15(5)28(35)12-17(36-24(33)20(30)13(2)3)14(4)19(25(28,6)7)21(31)23(26)32/h13,15-18,20-22,29-31,34-35H,10-12H2,1-9H3/t15?,16-,17?,18?,20?,21?,22?,26-,27?,28?/m1/s1. The summed E-state index contributed by atoms with van der Waals surface area (Å²) in [6.07, 6.45) is -4.39. The van der Waals surface area contributed by atoms with Crippen molar-refractivity contribution in [1.29, 1.82) is 0 Å². The molecule has 3 rings (SSSR count). The van der Waals surface area contributed by atoms with Gasteiger partial charge in [-0.25, -0.2) is 4.79 Å². The molecule has 5 N–H and O–H groups in total. The SMILES string of the molecule is CC[C@@H]1CC(O)[C@@]2(C)C(=O)C(O)C3=C(C)C(OC(=O)C(O)C(C)C)CC(O)(C(C)C2C1(C)O)C3(C)C. The summed E-state index contributed by atoms with van der Waals surface area (Å²) >= 11 is 0. The molecule has 0 aromatic heterocycles. The van der Waals surface area contributed by atoms with Crippen LogP contribution in [0.3, 0.4) is 0 Å². The first-order valence-corrected chi connectivity index (χ1v) is 13.3. The Hall–Kier alpha value is -1.32. The molecule has 36 heavy (non-hydrogen) atoms. The van der Waals surface area contributed by atoms with Gasteiger partial charge < -0.3 is 30.3 Å². The lowest BCUT2D eigenvalue weighted by Gasteiger charge is -2.64. The number of hydrogen-bond acceptors (Lipinski definition) is 8. The first kappa shape index (κ1) is 29.2. The highest BCUT2D eigenvalue weighted by molar-refractivity contribution is 5.93. The lowest BCUT2D eigenvalue weighted by Crippen LogP contribution is -2.72. The quantitative estimate of drug-likeness (QED) is 0.286. The van der Waals surface area contributed by atoms with Gasteiger partial charge in [-0.05, 0) is 56.1 Å². The largest absolute Gasteiger partial charge is 0.456 e. The fraction of sp³-hybridized carbons (Fsp3) is 0.857. The van der Waals surface area contributed by atoms with Crippen LogP contribution in [0.1, 0.15) is 81.6 Å². The molecule has 0 amide bonds. The van der Waals surface area contributed by atoms with Crippen molar-refractivity contribution in [1.82, 2.24) is 0 Å². The van der Waals surface area contributed by atoms with Crippen LogP contribution < -0.4 is 0 Å². The molecule has 3 aliphatic rings. The van der Waals surface area contributed by atoms with E-state index in [1.54, 1.807) is 55.4 Å². The van der Waals surface area contributed by atoms with Gasteiger partial charge in [0.25, 0.3) is 0 Å². The molecule has 0 heterocycles. The summed E-state index contributed by atoms with van der Waals surface area (Å²) in [5.41, 5.74) is -4.96. The molecule has 2 saturated carbocycles. The average molecular weight is 511 g/mol. The molecule has 3 aliphatic carbocycles. The highest BCUT2D eigenvalue weighted by Crippen LogP contribution is 2.63. The van der Waals surface area contributed by atoms with E-state index in [0.717, 1.165) is 0 Å². The summed E-state index contributed by atoms with van der Waals surface area (Å²) in [4.78, 5) is 26.8. The van der Waals surface area contributed by atoms with Gasteiger partial charge in [-0.3, -0.25) is 4.79 Å². The molecule has 0 spiro atoms. The molecule has 0 saturated heterocycles. The second kappa shape index (κ2) is 9.16. The molecule has 8 unspecified atom stereocenters. The Kier molecular flexibility index (Phi) is 7.44. The molecule has 0 aromatic rings. The van der Waals surface area contributed by atoms with E-state index < -0.39 is 70.0 Å². The predicted molar refractivity (Wildman–Crippen MR) is 134 cm³/mol. The van der Waals surface area contributed by atoms with Crippen molar-refractivity contribution in [2.45, 2.75) is 117 Å². The molecule has 206 valence electrons. The fourth-order valence-electron chi connectivity index (χ4n) is 7.96. The number of esters is 1. The zero-order valence-corrected chi connectivity index (χ0v) is 23.2. The van der Waals surface area contributed by atoms with Crippen LogP contribution >= 0.6 is 0 Å². The van der Waals surface area contributed by atoms with E-state index in [0.29, 0.717) is 12.0 Å². The molecular weight excluding hydrogens is 464 g/mol. The number of hydrogen-bond donors (Lipinski definition) is 5. The van der Waals surface area contributed by atoms with Crippen LogP contribution in [0.2, 0.25) is 0 Å². The van der Waals surface area contributed by atoms with Gasteiger partial charge in [-0.15, -0.1) is 0 Å². The van der Waals surface area contributed by atoms with E-state index in [2.05, 4.69) is 0 Å². The lowest BCUT2D eigenvalue weighted by atomic mass is 9.42. The zero-order chi connectivity index (χ0) is 27.8. The Morgan fingerprint density at radius 3 is 2.19 bits per heavy atom. The van der Waals surface area contributed by atoms with Crippen molar-refractivity contribution in [2.75, 3.05) is 0 Å². The van der Waals surface area contributed by atoms with Crippen LogP contribution in [0, 0.1) is 34.5 Å². The predicted octanol–water partition coefficient (Wildman–Crippen LogP) is 2.14. The number of ether oxygens (including phenoxy) is 1. The lowest BCUT2D eigenvalue weighted by molar-refractivity contribution is -0.246. The van der Waals surface area contributed by atoms with Crippen molar-refractivity contribution < 1.29 is 39.9 Å². The van der Waals surface area contributed by atoms with Gasteiger partial charge in [0.1, 0.15) is 12.2 Å². The number of aliphatic hydroxyl groups is 5. The maximum atomic E-state index is 14.1. The number of rotatable bonds is 4. The highest BCUT2D eigenvalue weighted by atomic mass is 16.6. The monoisotopic (exact) mass is 510 g/mol. The van der Waals surface area contributed by atoms with Gasteiger partial charge in [-0.1, -0.05) is 48.0 Å². The van der Waals surface area contributed by atoms with E-state index >= 15 is 0 Å². The Morgan fingerprint density at radius 1 is 1.14 bits per heavy atom. The third-order valence-corrected chi connectivity index (χ3v) is 10.4. The minimum Gasteiger partial charge on any atom is -0.456 e. The Balaban J connectivity index is 2.27. The van der Waals surface area contributed by atoms with E-state index in [1.807, 2.05) is 6.92 Å². The van der Waals surface area contributed by atoms with Crippen LogP contribution in [0.4, 0.5) is 0 Å². The first-order valence-electron chi connectivity index (χ1n) is 13.3. The van der Waals surface area contributed by atoms with Crippen molar-refractivity contribution in [3.8, 4) is 0 Å². The topological polar surface area (TPSA) is 145 Å². The minimum absolute atomic E-state index is 0.0382. The van der Waals surface area contributed by atoms with Crippen LogP contribution in [0.25, 0.3) is 0 Å². The average Bonchev–Trinajstić information content (AvgIpc) is 2.77. The van der Waals surface area contributed by atoms with Gasteiger partial charge in [0.2, 0.25) is 0 Å². The summed E-state index contributed by atoms with van der Waals surface area (Å²) in [7, 11) is 0. The number of fused-ring (bicyclic) bond motifs is 3. The van der Waals surface area contributed by atoms with Crippen LogP contribution in [0.5, 0.6) is 0 Å². The number of ketones is 1. The van der Waals surface area contributed by atoms with E-state index in [1.165, 1.54) is 0 Å². The Bertz CT molecular complexity index is 936. The van der Waals surface area contributed by atoms with Gasteiger partial charge in [-0.2, -0.15) is 0 Å². The summed E-state index contributed by atoms with van der Waals surface area (Å²) in [6.45, 7) is 15.5. The molecule has 0 radical (unpaired) electrons. The van der Waals surface area contributed by atoms with Gasteiger partial charge in [0, 0.05) is 17.8 Å². The molecular formula is C28H46O8. The highest BCUT2D eigenvalue weighted by Gasteiger charge is 2.70. The molecule has 2 fully saturated rings. The molecule has 0 aliphatic heterocycles. The van der Waals surface area contributed by atoms with E-state index in [-0.39, 0.29) is 30.3 Å². The third-order valence-electron chi connectivity index (χ3n) is 10.4. The van der Waals surface area contributed by atoms with Gasteiger partial charge in [0.05, 0.1) is 22.7 Å². The number of carbonyl (C=O) groups is 2. The smallest absolute Gasteiger partial charge is 0.335 e. The van der Waals surface area contributed by atoms with Crippen molar-refractivity contribution in [2.24, 2.45) is 34.5 Å². The summed E-state index contributed by atoms with van der Waals surface area (Å²) in [5, 5.41) is 57.5. The molecule has 10 atom stereocenters. The molecule has 2 bridgehead atoms. The Labute approximate surface area is 214 Å². The summed E-state index contributed by atoms with van der Waals surface area (Å²) in [6, 6.07) is 0. The van der Waals surface area contributed by atoms with Gasteiger partial charge >= 0.3 is 5.97 Å². The number of Topliss-reactive ketones (excluding diaryl/α,β-unsaturated/α-hetero) is 1. The summed E-state index contributed by atoms with van der Waals surface area (Å²) in [5.74, 6) is -3.76. The second-order valence-corrected chi connectivity index (χ2v) is 12.9. The zero-order valence-electron chi connectivity index (χ0n) is 23.2. The maximum absolute atomic E-state index is 14.1. The minimum atomic E-state index is -1.67.